The smallest absolute Gasteiger partial charge is 0.234 e. The number of anilines is 2. The van der Waals surface area contributed by atoms with Crippen LogP contribution >= 0.6 is 11.8 Å². The molecule has 2 aliphatic rings. The molecule has 0 saturated carbocycles. The first kappa shape index (κ1) is 13.7. The summed E-state index contributed by atoms with van der Waals surface area (Å²) in [6, 6.07) is 6.12. The largest absolute Gasteiger partial charge is 0.378 e. The molecule has 0 radical (unpaired) electrons. The number of ether oxygens (including phenoxy) is 2. The second-order valence-electron chi connectivity index (χ2n) is 5.41. The lowest BCUT2D eigenvalue weighted by Gasteiger charge is -2.35. The van der Waals surface area contributed by atoms with Crippen molar-refractivity contribution in [1.82, 2.24) is 0 Å². The highest BCUT2D eigenvalue weighted by atomic mass is 32.2. The van der Waals surface area contributed by atoms with E-state index in [9.17, 15) is 4.79 Å². The summed E-state index contributed by atoms with van der Waals surface area (Å²) in [5.41, 5.74) is 1.83. The summed E-state index contributed by atoms with van der Waals surface area (Å²) in [6.45, 7) is 5.03. The highest BCUT2D eigenvalue weighted by Crippen LogP contribution is 2.33. The van der Waals surface area contributed by atoms with Gasteiger partial charge in [-0.05, 0) is 32.0 Å². The summed E-state index contributed by atoms with van der Waals surface area (Å²) in [6.07, 6.45) is 0. The lowest BCUT2D eigenvalue weighted by molar-refractivity contribution is -0.247. The molecule has 1 aromatic carbocycles. The van der Waals surface area contributed by atoms with Crippen LogP contribution in [0, 0.1) is 0 Å². The molecule has 0 unspecified atom stereocenters. The Morgan fingerprint density at radius 3 is 2.85 bits per heavy atom. The third-order valence-electron chi connectivity index (χ3n) is 3.25. The topological polar surface area (TPSA) is 59.6 Å². The SMILES string of the molecule is CC1(C)OCC(Nc2ccc3c(c2)NC(=O)CS3)CO1. The molecule has 0 atom stereocenters. The van der Waals surface area contributed by atoms with E-state index in [-0.39, 0.29) is 11.9 Å². The first-order chi connectivity index (χ1) is 9.52. The number of rotatable bonds is 2. The molecule has 2 aliphatic heterocycles. The Morgan fingerprint density at radius 1 is 1.35 bits per heavy atom. The van der Waals surface area contributed by atoms with Crippen molar-refractivity contribution < 1.29 is 14.3 Å². The van der Waals surface area contributed by atoms with Gasteiger partial charge in [-0.2, -0.15) is 0 Å². The Labute approximate surface area is 122 Å². The van der Waals surface area contributed by atoms with Crippen molar-refractivity contribution in [2.24, 2.45) is 0 Å². The number of hydrogen-bond acceptors (Lipinski definition) is 5. The van der Waals surface area contributed by atoms with Crippen molar-refractivity contribution in [3.8, 4) is 0 Å². The molecule has 20 heavy (non-hydrogen) atoms. The lowest BCUT2D eigenvalue weighted by atomic mass is 10.2. The lowest BCUT2D eigenvalue weighted by Crippen LogP contribution is -2.45. The van der Waals surface area contributed by atoms with E-state index in [4.69, 9.17) is 9.47 Å². The van der Waals surface area contributed by atoms with E-state index < -0.39 is 5.79 Å². The predicted molar refractivity (Wildman–Crippen MR) is 79.2 cm³/mol. The second-order valence-corrected chi connectivity index (χ2v) is 6.43. The molecule has 3 rings (SSSR count). The summed E-state index contributed by atoms with van der Waals surface area (Å²) < 4.78 is 11.2. The van der Waals surface area contributed by atoms with Gasteiger partial charge in [0.1, 0.15) is 0 Å². The molecular weight excluding hydrogens is 276 g/mol. The molecule has 2 heterocycles. The van der Waals surface area contributed by atoms with E-state index in [0.717, 1.165) is 16.3 Å². The minimum Gasteiger partial charge on any atom is -0.378 e. The fourth-order valence-electron chi connectivity index (χ4n) is 2.18. The van der Waals surface area contributed by atoms with Crippen molar-refractivity contribution in [1.29, 1.82) is 0 Å². The molecule has 6 heteroatoms. The van der Waals surface area contributed by atoms with Crippen molar-refractivity contribution in [3.63, 3.8) is 0 Å². The fourth-order valence-corrected chi connectivity index (χ4v) is 2.97. The normalized spacial score (nSPS) is 22.0. The molecule has 0 aromatic heterocycles. The van der Waals surface area contributed by atoms with Gasteiger partial charge in [0, 0.05) is 10.6 Å². The summed E-state index contributed by atoms with van der Waals surface area (Å²) in [5, 5.41) is 6.26. The van der Waals surface area contributed by atoms with Crippen LogP contribution in [0.5, 0.6) is 0 Å². The van der Waals surface area contributed by atoms with Crippen LogP contribution in [0.15, 0.2) is 23.1 Å². The zero-order valence-corrected chi connectivity index (χ0v) is 12.4. The first-order valence-electron chi connectivity index (χ1n) is 6.63. The standard InChI is InChI=1S/C14H18N2O3S/c1-14(2)18-6-10(7-19-14)15-9-3-4-12-11(5-9)16-13(17)8-20-12/h3-5,10,15H,6-8H2,1-2H3,(H,16,17). The van der Waals surface area contributed by atoms with Gasteiger partial charge < -0.3 is 20.1 Å². The average Bonchev–Trinajstić information content (AvgIpc) is 2.41. The minimum atomic E-state index is -0.501. The minimum absolute atomic E-state index is 0.0470. The van der Waals surface area contributed by atoms with Crippen LogP contribution in [-0.2, 0) is 14.3 Å². The highest BCUT2D eigenvalue weighted by Gasteiger charge is 2.28. The molecule has 0 spiro atoms. The van der Waals surface area contributed by atoms with Crippen LogP contribution in [0.4, 0.5) is 11.4 Å². The van der Waals surface area contributed by atoms with Gasteiger partial charge in [-0.25, -0.2) is 0 Å². The van der Waals surface area contributed by atoms with Crippen LogP contribution in [-0.4, -0.2) is 36.7 Å². The number of carbonyl (C=O) groups is 1. The molecular formula is C14H18N2O3S. The molecule has 0 bridgehead atoms. The van der Waals surface area contributed by atoms with Gasteiger partial charge in [0.15, 0.2) is 5.79 Å². The predicted octanol–water partition coefficient (Wildman–Crippen LogP) is 2.29. The quantitative estimate of drug-likeness (QED) is 0.876. The Hall–Kier alpha value is -1.24. The molecule has 5 nitrogen and oxygen atoms in total. The molecule has 1 aromatic rings. The Morgan fingerprint density at radius 2 is 2.10 bits per heavy atom. The zero-order valence-electron chi connectivity index (χ0n) is 11.6. The van der Waals surface area contributed by atoms with Gasteiger partial charge >= 0.3 is 0 Å². The maximum Gasteiger partial charge on any atom is 0.234 e. The van der Waals surface area contributed by atoms with E-state index in [2.05, 4.69) is 10.6 Å². The molecule has 1 saturated heterocycles. The Bertz CT molecular complexity index is 523. The van der Waals surface area contributed by atoms with E-state index in [1.54, 1.807) is 11.8 Å². The van der Waals surface area contributed by atoms with Crippen molar-refractivity contribution >= 4 is 29.0 Å². The number of carbonyl (C=O) groups excluding carboxylic acids is 1. The van der Waals surface area contributed by atoms with Gasteiger partial charge in [-0.15, -0.1) is 11.8 Å². The maximum atomic E-state index is 11.4. The highest BCUT2D eigenvalue weighted by molar-refractivity contribution is 8.00. The summed E-state index contributed by atoms with van der Waals surface area (Å²) >= 11 is 1.56. The van der Waals surface area contributed by atoms with Crippen molar-refractivity contribution in [2.75, 3.05) is 29.6 Å². The number of fused-ring (bicyclic) bond motifs is 1. The van der Waals surface area contributed by atoms with Crippen LogP contribution in [0.2, 0.25) is 0 Å². The van der Waals surface area contributed by atoms with Gasteiger partial charge in [0.2, 0.25) is 5.91 Å². The number of nitrogens with one attached hydrogen (secondary N) is 2. The molecule has 1 fully saturated rings. The van der Waals surface area contributed by atoms with Crippen LogP contribution in [0.25, 0.3) is 0 Å². The van der Waals surface area contributed by atoms with Gasteiger partial charge in [-0.1, -0.05) is 0 Å². The van der Waals surface area contributed by atoms with Crippen molar-refractivity contribution in [2.45, 2.75) is 30.6 Å². The van der Waals surface area contributed by atoms with E-state index in [0.29, 0.717) is 19.0 Å². The van der Waals surface area contributed by atoms with E-state index in [1.165, 1.54) is 0 Å². The Balaban J connectivity index is 1.67. The number of amides is 1. The average molecular weight is 294 g/mol. The van der Waals surface area contributed by atoms with E-state index >= 15 is 0 Å². The zero-order chi connectivity index (χ0) is 14.2. The van der Waals surface area contributed by atoms with Gasteiger partial charge in [-0.3, -0.25) is 4.79 Å². The van der Waals surface area contributed by atoms with Crippen LogP contribution < -0.4 is 10.6 Å². The van der Waals surface area contributed by atoms with Gasteiger partial charge in [0.25, 0.3) is 0 Å². The number of thioether (sulfide) groups is 1. The fraction of sp³-hybridized carbons (Fsp3) is 0.500. The molecule has 2 N–H and O–H groups in total. The Kier molecular flexibility index (Phi) is 3.62. The summed E-state index contributed by atoms with van der Waals surface area (Å²) in [7, 11) is 0. The maximum absolute atomic E-state index is 11.4. The summed E-state index contributed by atoms with van der Waals surface area (Å²) in [5.74, 6) is 0.0309. The van der Waals surface area contributed by atoms with E-state index in [1.807, 2.05) is 32.0 Å². The second kappa shape index (κ2) is 5.27. The molecule has 108 valence electrons. The van der Waals surface area contributed by atoms with Crippen LogP contribution in [0.1, 0.15) is 13.8 Å². The number of benzene rings is 1. The third-order valence-corrected chi connectivity index (χ3v) is 4.32. The molecule has 1 amide bonds. The first-order valence-corrected chi connectivity index (χ1v) is 7.61. The monoisotopic (exact) mass is 294 g/mol. The molecule has 0 aliphatic carbocycles. The van der Waals surface area contributed by atoms with Gasteiger partial charge in [0.05, 0.1) is 30.7 Å². The number of hydrogen-bond donors (Lipinski definition) is 2. The van der Waals surface area contributed by atoms with Crippen LogP contribution in [0.3, 0.4) is 0 Å². The summed E-state index contributed by atoms with van der Waals surface area (Å²) in [4.78, 5) is 12.5. The third kappa shape index (κ3) is 3.08. The van der Waals surface area contributed by atoms with Crippen molar-refractivity contribution in [3.05, 3.63) is 18.2 Å².